The van der Waals surface area contributed by atoms with Crippen molar-refractivity contribution in [2.24, 2.45) is 0 Å². The van der Waals surface area contributed by atoms with E-state index in [1.54, 1.807) is 32.4 Å². The van der Waals surface area contributed by atoms with Gasteiger partial charge in [-0.3, -0.25) is 0 Å². The highest BCUT2D eigenvalue weighted by atomic mass is 79.9. The lowest BCUT2D eigenvalue weighted by molar-refractivity contribution is 0.354. The molecule has 0 atom stereocenters. The van der Waals surface area contributed by atoms with Gasteiger partial charge >= 0.3 is 0 Å². The van der Waals surface area contributed by atoms with Gasteiger partial charge in [0, 0.05) is 10.5 Å². The third-order valence-electron chi connectivity index (χ3n) is 1.84. The van der Waals surface area contributed by atoms with Gasteiger partial charge in [-0.05, 0) is 23.8 Å². The molecule has 15 heavy (non-hydrogen) atoms. The second-order valence-electron chi connectivity index (χ2n) is 2.69. The fraction of sp³-hybridized carbons (Fsp3) is 0.182. The summed E-state index contributed by atoms with van der Waals surface area (Å²) < 4.78 is 11.1. The monoisotopic (exact) mass is 267 g/mol. The summed E-state index contributed by atoms with van der Waals surface area (Å²) in [5, 5.41) is 8.44. The highest BCUT2D eigenvalue weighted by Crippen LogP contribution is 2.33. The SMILES string of the molecule is COc1cc(Br)c(C=CC#N)cc1OC. The van der Waals surface area contributed by atoms with Gasteiger partial charge in [0.1, 0.15) is 0 Å². The molecule has 0 N–H and O–H groups in total. The Labute approximate surface area is 97.1 Å². The maximum Gasteiger partial charge on any atom is 0.161 e. The Bertz CT molecular complexity index is 421. The van der Waals surface area contributed by atoms with Crippen LogP contribution in [0.3, 0.4) is 0 Å². The summed E-state index contributed by atoms with van der Waals surface area (Å²) in [6, 6.07) is 5.54. The molecule has 1 aromatic carbocycles. The number of hydrogen-bond acceptors (Lipinski definition) is 3. The smallest absolute Gasteiger partial charge is 0.161 e. The number of ether oxygens (including phenoxy) is 2. The van der Waals surface area contributed by atoms with Crippen LogP contribution >= 0.6 is 15.9 Å². The fourth-order valence-electron chi connectivity index (χ4n) is 1.12. The van der Waals surface area contributed by atoms with Crippen LogP contribution in [0.15, 0.2) is 22.7 Å². The van der Waals surface area contributed by atoms with E-state index in [-0.39, 0.29) is 0 Å². The summed E-state index contributed by atoms with van der Waals surface area (Å²) in [6.07, 6.45) is 3.11. The van der Waals surface area contributed by atoms with Gasteiger partial charge in [-0.15, -0.1) is 0 Å². The van der Waals surface area contributed by atoms with Gasteiger partial charge < -0.3 is 9.47 Å². The van der Waals surface area contributed by atoms with E-state index in [1.165, 1.54) is 6.08 Å². The predicted octanol–water partition coefficient (Wildman–Crippen LogP) is 3.00. The average Bonchev–Trinajstić information content (AvgIpc) is 2.27. The molecule has 0 fully saturated rings. The summed E-state index contributed by atoms with van der Waals surface area (Å²) in [7, 11) is 3.15. The molecule has 0 spiro atoms. The first-order valence-electron chi connectivity index (χ1n) is 4.20. The number of hydrogen-bond donors (Lipinski definition) is 0. The molecule has 0 radical (unpaired) electrons. The summed E-state index contributed by atoms with van der Waals surface area (Å²) in [5.41, 5.74) is 0.870. The lowest BCUT2D eigenvalue weighted by atomic mass is 10.2. The van der Waals surface area contributed by atoms with Crippen LogP contribution in [0, 0.1) is 11.3 Å². The van der Waals surface area contributed by atoms with Gasteiger partial charge in [0.05, 0.1) is 20.3 Å². The second-order valence-corrected chi connectivity index (χ2v) is 3.55. The minimum absolute atomic E-state index is 0.637. The third-order valence-corrected chi connectivity index (χ3v) is 2.53. The zero-order valence-corrected chi connectivity index (χ0v) is 10.0. The third kappa shape index (κ3) is 2.74. The highest BCUT2D eigenvalue weighted by Gasteiger charge is 2.07. The Morgan fingerprint density at radius 1 is 1.27 bits per heavy atom. The van der Waals surface area contributed by atoms with Crippen molar-refractivity contribution in [3.8, 4) is 17.6 Å². The zero-order valence-electron chi connectivity index (χ0n) is 8.45. The number of rotatable bonds is 3. The minimum Gasteiger partial charge on any atom is -0.493 e. The van der Waals surface area contributed by atoms with Crippen LogP contribution in [0.2, 0.25) is 0 Å². The van der Waals surface area contributed by atoms with Crippen LogP contribution in [0.5, 0.6) is 11.5 Å². The van der Waals surface area contributed by atoms with E-state index in [4.69, 9.17) is 14.7 Å². The van der Waals surface area contributed by atoms with Crippen LogP contribution in [0.1, 0.15) is 5.56 Å². The normalized spacial score (nSPS) is 10.0. The molecule has 0 unspecified atom stereocenters. The van der Waals surface area contributed by atoms with Crippen LogP contribution in [-0.4, -0.2) is 14.2 Å². The molecule has 4 heteroatoms. The standard InChI is InChI=1S/C11H10BrNO2/c1-14-10-6-8(4-3-5-13)9(12)7-11(10)15-2/h3-4,6-7H,1-2H3. The molecular weight excluding hydrogens is 258 g/mol. The van der Waals surface area contributed by atoms with Gasteiger partial charge in [-0.1, -0.05) is 15.9 Å². The van der Waals surface area contributed by atoms with E-state index in [0.29, 0.717) is 11.5 Å². The van der Waals surface area contributed by atoms with Crippen molar-refractivity contribution < 1.29 is 9.47 Å². The van der Waals surface area contributed by atoms with E-state index < -0.39 is 0 Å². The maximum atomic E-state index is 8.44. The Balaban J connectivity index is 3.20. The molecule has 0 aromatic heterocycles. The van der Waals surface area contributed by atoms with E-state index in [9.17, 15) is 0 Å². The van der Waals surface area contributed by atoms with Crippen molar-refractivity contribution in [2.45, 2.75) is 0 Å². The van der Waals surface area contributed by atoms with Crippen molar-refractivity contribution in [1.82, 2.24) is 0 Å². The number of nitrogens with zero attached hydrogens (tertiary/aromatic N) is 1. The maximum absolute atomic E-state index is 8.44. The fourth-order valence-corrected chi connectivity index (χ4v) is 1.58. The average molecular weight is 268 g/mol. The van der Waals surface area contributed by atoms with Crippen molar-refractivity contribution in [1.29, 1.82) is 5.26 Å². The van der Waals surface area contributed by atoms with Crippen LogP contribution in [-0.2, 0) is 0 Å². The topological polar surface area (TPSA) is 42.2 Å². The Morgan fingerprint density at radius 3 is 2.40 bits per heavy atom. The minimum atomic E-state index is 0.637. The zero-order chi connectivity index (χ0) is 11.3. The Hall–Kier alpha value is -1.47. The first-order valence-corrected chi connectivity index (χ1v) is 5.00. The molecule has 0 aliphatic carbocycles. The largest absolute Gasteiger partial charge is 0.493 e. The van der Waals surface area contributed by atoms with Crippen LogP contribution < -0.4 is 9.47 Å². The summed E-state index contributed by atoms with van der Waals surface area (Å²) in [6.45, 7) is 0. The van der Waals surface area contributed by atoms with Gasteiger partial charge in [0.2, 0.25) is 0 Å². The molecule has 0 heterocycles. The van der Waals surface area contributed by atoms with Gasteiger partial charge in [0.15, 0.2) is 11.5 Å². The van der Waals surface area contributed by atoms with E-state index in [1.807, 2.05) is 6.07 Å². The number of benzene rings is 1. The van der Waals surface area contributed by atoms with E-state index in [0.717, 1.165) is 10.0 Å². The van der Waals surface area contributed by atoms with Crippen molar-refractivity contribution in [2.75, 3.05) is 14.2 Å². The number of methoxy groups -OCH3 is 2. The van der Waals surface area contributed by atoms with Gasteiger partial charge in [-0.2, -0.15) is 5.26 Å². The number of halogens is 1. The second kappa shape index (κ2) is 5.42. The molecule has 0 aliphatic heterocycles. The van der Waals surface area contributed by atoms with Crippen LogP contribution in [0.4, 0.5) is 0 Å². The Morgan fingerprint density at radius 2 is 1.87 bits per heavy atom. The number of allylic oxidation sites excluding steroid dienone is 1. The predicted molar refractivity (Wildman–Crippen MR) is 61.9 cm³/mol. The molecule has 1 rings (SSSR count). The first kappa shape index (κ1) is 11.6. The van der Waals surface area contributed by atoms with Gasteiger partial charge in [0.25, 0.3) is 0 Å². The quantitative estimate of drug-likeness (QED) is 0.791. The van der Waals surface area contributed by atoms with Crippen molar-refractivity contribution in [3.63, 3.8) is 0 Å². The van der Waals surface area contributed by atoms with Crippen LogP contribution in [0.25, 0.3) is 6.08 Å². The van der Waals surface area contributed by atoms with Crippen molar-refractivity contribution >= 4 is 22.0 Å². The summed E-state index contributed by atoms with van der Waals surface area (Å²) in [4.78, 5) is 0. The highest BCUT2D eigenvalue weighted by molar-refractivity contribution is 9.10. The molecule has 0 saturated heterocycles. The van der Waals surface area contributed by atoms with Gasteiger partial charge in [-0.25, -0.2) is 0 Å². The molecule has 3 nitrogen and oxygen atoms in total. The molecule has 0 amide bonds. The lowest BCUT2D eigenvalue weighted by Crippen LogP contribution is -1.91. The molecule has 0 bridgehead atoms. The molecule has 78 valence electrons. The van der Waals surface area contributed by atoms with Crippen molar-refractivity contribution in [3.05, 3.63) is 28.2 Å². The summed E-state index contributed by atoms with van der Waals surface area (Å²) in [5.74, 6) is 1.29. The number of nitriles is 1. The Kier molecular flexibility index (Phi) is 4.19. The summed E-state index contributed by atoms with van der Waals surface area (Å²) >= 11 is 3.39. The van der Waals surface area contributed by atoms with E-state index in [2.05, 4.69) is 15.9 Å². The molecule has 0 saturated carbocycles. The van der Waals surface area contributed by atoms with E-state index >= 15 is 0 Å². The molecule has 0 aliphatic rings. The first-order chi connectivity index (χ1) is 7.22. The molecular formula is C11H10BrNO2. The lowest BCUT2D eigenvalue weighted by Gasteiger charge is -2.09. The molecule has 1 aromatic rings.